The van der Waals surface area contributed by atoms with E-state index in [9.17, 15) is 14.4 Å². The quantitative estimate of drug-likeness (QED) is 0.485. The standard InChI is InChI=1S/C23H37N3O5/c1-23(2,3)31-21(28)25-15-9-8-13-19(24)20(27)14-10-16-26(4)22(29)30-17-18-11-6-5-7-12-18/h5-7,11-12,19H,8-10,13-17,24H2,1-4H3,(H,25,28)/t19-/m0/s1. The first kappa shape index (κ1) is 26.4. The van der Waals surface area contributed by atoms with Gasteiger partial charge >= 0.3 is 12.2 Å². The number of ether oxygens (including phenoxy) is 2. The molecule has 8 heteroatoms. The second kappa shape index (κ2) is 13.6. The number of carbonyl (C=O) groups excluding carboxylic acids is 3. The molecule has 0 aliphatic rings. The van der Waals surface area contributed by atoms with Crippen LogP contribution in [0.1, 0.15) is 58.4 Å². The van der Waals surface area contributed by atoms with Crippen molar-refractivity contribution in [2.24, 2.45) is 5.73 Å². The molecule has 0 radical (unpaired) electrons. The molecule has 0 aliphatic carbocycles. The van der Waals surface area contributed by atoms with Crippen molar-refractivity contribution in [3.05, 3.63) is 35.9 Å². The predicted octanol–water partition coefficient (Wildman–Crippen LogP) is 3.63. The van der Waals surface area contributed by atoms with Crippen LogP contribution >= 0.6 is 0 Å². The zero-order valence-corrected chi connectivity index (χ0v) is 19.2. The number of hydrogen-bond donors (Lipinski definition) is 2. The Labute approximate surface area is 185 Å². The highest BCUT2D eigenvalue weighted by molar-refractivity contribution is 5.83. The summed E-state index contributed by atoms with van der Waals surface area (Å²) >= 11 is 0. The maximum absolute atomic E-state index is 12.2. The first-order valence-electron chi connectivity index (χ1n) is 10.8. The molecule has 31 heavy (non-hydrogen) atoms. The van der Waals surface area contributed by atoms with E-state index < -0.39 is 23.8 Å². The Bertz CT molecular complexity index is 688. The van der Waals surface area contributed by atoms with Crippen LogP contribution in [-0.4, -0.2) is 54.6 Å². The van der Waals surface area contributed by atoms with Crippen molar-refractivity contribution < 1.29 is 23.9 Å². The van der Waals surface area contributed by atoms with Gasteiger partial charge in [0.1, 0.15) is 18.0 Å². The molecule has 1 atom stereocenters. The number of nitrogens with one attached hydrogen (secondary N) is 1. The van der Waals surface area contributed by atoms with Gasteiger partial charge in [-0.15, -0.1) is 0 Å². The second-order valence-electron chi connectivity index (χ2n) is 8.56. The van der Waals surface area contributed by atoms with Gasteiger partial charge < -0.3 is 25.4 Å². The van der Waals surface area contributed by atoms with Gasteiger partial charge in [-0.2, -0.15) is 0 Å². The van der Waals surface area contributed by atoms with Crippen LogP contribution in [0.25, 0.3) is 0 Å². The average Bonchev–Trinajstić information content (AvgIpc) is 2.70. The minimum Gasteiger partial charge on any atom is -0.445 e. The molecule has 1 rings (SSSR count). The Kier molecular flexibility index (Phi) is 11.6. The van der Waals surface area contributed by atoms with Gasteiger partial charge in [0.25, 0.3) is 0 Å². The average molecular weight is 436 g/mol. The lowest BCUT2D eigenvalue weighted by atomic mass is 10.0. The number of nitrogens with two attached hydrogens (primary N) is 1. The molecule has 3 N–H and O–H groups in total. The van der Waals surface area contributed by atoms with Crippen molar-refractivity contribution in [2.75, 3.05) is 20.1 Å². The summed E-state index contributed by atoms with van der Waals surface area (Å²) in [7, 11) is 1.65. The van der Waals surface area contributed by atoms with E-state index >= 15 is 0 Å². The number of amides is 2. The molecule has 0 bridgehead atoms. The summed E-state index contributed by atoms with van der Waals surface area (Å²) in [5.41, 5.74) is 6.37. The van der Waals surface area contributed by atoms with E-state index in [1.54, 1.807) is 7.05 Å². The maximum Gasteiger partial charge on any atom is 0.409 e. The van der Waals surface area contributed by atoms with Gasteiger partial charge in [-0.1, -0.05) is 30.3 Å². The van der Waals surface area contributed by atoms with Crippen LogP contribution < -0.4 is 11.1 Å². The van der Waals surface area contributed by atoms with Crippen molar-refractivity contribution in [2.45, 2.75) is 71.1 Å². The van der Waals surface area contributed by atoms with Gasteiger partial charge in [-0.05, 0) is 52.0 Å². The highest BCUT2D eigenvalue weighted by atomic mass is 16.6. The van der Waals surface area contributed by atoms with Crippen molar-refractivity contribution in [3.8, 4) is 0 Å². The highest BCUT2D eigenvalue weighted by Gasteiger charge is 2.17. The molecular weight excluding hydrogens is 398 g/mol. The van der Waals surface area contributed by atoms with Crippen LogP contribution in [0.5, 0.6) is 0 Å². The van der Waals surface area contributed by atoms with E-state index in [-0.39, 0.29) is 12.4 Å². The van der Waals surface area contributed by atoms with Crippen molar-refractivity contribution >= 4 is 18.0 Å². The Hall–Kier alpha value is -2.61. The third-order valence-corrected chi connectivity index (χ3v) is 4.46. The summed E-state index contributed by atoms with van der Waals surface area (Å²) in [5, 5.41) is 2.68. The summed E-state index contributed by atoms with van der Waals surface area (Å²) in [6.07, 6.45) is 1.99. The van der Waals surface area contributed by atoms with Gasteiger partial charge in [0.15, 0.2) is 0 Å². The molecule has 0 saturated heterocycles. The first-order chi connectivity index (χ1) is 14.6. The van der Waals surface area contributed by atoms with Crippen LogP contribution in [0, 0.1) is 0 Å². The maximum atomic E-state index is 12.2. The third kappa shape index (κ3) is 12.6. The molecular formula is C23H37N3O5. The van der Waals surface area contributed by atoms with E-state index in [4.69, 9.17) is 15.2 Å². The molecule has 0 aromatic heterocycles. The fourth-order valence-electron chi connectivity index (χ4n) is 2.75. The van der Waals surface area contributed by atoms with E-state index in [0.29, 0.717) is 32.4 Å². The lowest BCUT2D eigenvalue weighted by Crippen LogP contribution is -2.34. The zero-order valence-electron chi connectivity index (χ0n) is 19.2. The normalized spacial score (nSPS) is 12.0. The molecule has 0 aliphatic heterocycles. The van der Waals surface area contributed by atoms with E-state index in [1.807, 2.05) is 51.1 Å². The van der Waals surface area contributed by atoms with Crippen molar-refractivity contribution in [1.29, 1.82) is 0 Å². The molecule has 1 aromatic rings. The Balaban J connectivity index is 2.12. The van der Waals surface area contributed by atoms with Crippen LogP contribution in [0.2, 0.25) is 0 Å². The van der Waals surface area contributed by atoms with Gasteiger partial charge in [0, 0.05) is 26.6 Å². The Morgan fingerprint density at radius 1 is 1.10 bits per heavy atom. The molecule has 0 spiro atoms. The highest BCUT2D eigenvalue weighted by Crippen LogP contribution is 2.08. The summed E-state index contributed by atoms with van der Waals surface area (Å²) < 4.78 is 10.4. The van der Waals surface area contributed by atoms with E-state index in [0.717, 1.165) is 18.4 Å². The molecule has 8 nitrogen and oxygen atoms in total. The molecule has 0 fully saturated rings. The number of carbonyl (C=O) groups is 3. The minimum absolute atomic E-state index is 0.0221. The van der Waals surface area contributed by atoms with Crippen LogP contribution in [0.15, 0.2) is 30.3 Å². The van der Waals surface area contributed by atoms with E-state index in [2.05, 4.69) is 5.32 Å². The van der Waals surface area contributed by atoms with Gasteiger partial charge in [-0.3, -0.25) is 4.79 Å². The smallest absolute Gasteiger partial charge is 0.409 e. The van der Waals surface area contributed by atoms with Gasteiger partial charge in [-0.25, -0.2) is 9.59 Å². The number of benzene rings is 1. The number of alkyl carbamates (subject to hydrolysis) is 1. The second-order valence-corrected chi connectivity index (χ2v) is 8.56. The number of ketones is 1. The molecule has 1 aromatic carbocycles. The molecule has 174 valence electrons. The molecule has 0 unspecified atom stereocenters. The molecule has 0 heterocycles. The molecule has 2 amide bonds. The van der Waals surface area contributed by atoms with Gasteiger partial charge in [0.05, 0.1) is 6.04 Å². The van der Waals surface area contributed by atoms with Crippen molar-refractivity contribution in [1.82, 2.24) is 10.2 Å². The summed E-state index contributed by atoms with van der Waals surface area (Å²) in [6.45, 7) is 6.54. The molecule has 0 saturated carbocycles. The summed E-state index contributed by atoms with van der Waals surface area (Å²) in [5.74, 6) is -0.0221. The third-order valence-electron chi connectivity index (χ3n) is 4.46. The lowest BCUT2D eigenvalue weighted by Gasteiger charge is -2.19. The van der Waals surface area contributed by atoms with Crippen LogP contribution in [0.3, 0.4) is 0 Å². The van der Waals surface area contributed by atoms with Crippen LogP contribution in [-0.2, 0) is 20.9 Å². The summed E-state index contributed by atoms with van der Waals surface area (Å²) in [4.78, 5) is 37.2. The minimum atomic E-state index is -0.531. The van der Waals surface area contributed by atoms with Crippen molar-refractivity contribution in [3.63, 3.8) is 0 Å². The fraction of sp³-hybridized carbons (Fsp3) is 0.609. The van der Waals surface area contributed by atoms with Crippen LogP contribution in [0.4, 0.5) is 9.59 Å². The van der Waals surface area contributed by atoms with Gasteiger partial charge in [0.2, 0.25) is 0 Å². The predicted molar refractivity (Wildman–Crippen MR) is 120 cm³/mol. The first-order valence-corrected chi connectivity index (χ1v) is 10.8. The monoisotopic (exact) mass is 435 g/mol. The SMILES string of the molecule is CN(CCCC(=O)[C@@H](N)CCCCNC(=O)OC(C)(C)C)C(=O)OCc1ccccc1. The Morgan fingerprint density at radius 3 is 2.42 bits per heavy atom. The van der Waals surface area contributed by atoms with E-state index in [1.165, 1.54) is 4.90 Å². The number of unbranched alkanes of at least 4 members (excludes halogenated alkanes) is 1. The largest absolute Gasteiger partial charge is 0.445 e. The lowest BCUT2D eigenvalue weighted by molar-refractivity contribution is -0.120. The number of nitrogens with zero attached hydrogens (tertiary/aromatic N) is 1. The number of rotatable bonds is 12. The Morgan fingerprint density at radius 2 is 1.77 bits per heavy atom. The fourth-order valence-corrected chi connectivity index (χ4v) is 2.75. The number of Topliss-reactive ketones (excluding diaryl/α,β-unsaturated/α-hetero) is 1. The topological polar surface area (TPSA) is 111 Å². The zero-order chi connectivity index (χ0) is 23.3. The number of hydrogen-bond acceptors (Lipinski definition) is 6. The summed E-state index contributed by atoms with van der Waals surface area (Å²) in [6, 6.07) is 8.93.